The normalized spacial score (nSPS) is 20.0. The second-order valence-corrected chi connectivity index (χ2v) is 5.91. The number of hydrogen-bond acceptors (Lipinski definition) is 3. The molecule has 0 amide bonds. The van der Waals surface area contributed by atoms with Crippen LogP contribution < -0.4 is 0 Å². The summed E-state index contributed by atoms with van der Waals surface area (Å²) in [5.74, 6) is -0.765. The van der Waals surface area contributed by atoms with Gasteiger partial charge < -0.3 is 4.52 Å². The largest absolute Gasteiger partial charge is 0.361 e. The lowest BCUT2D eigenvalue weighted by Gasteiger charge is -2.28. The molecule has 118 valence electrons. The molecule has 2 heterocycles. The molecule has 1 fully saturated rings. The van der Waals surface area contributed by atoms with Gasteiger partial charge in [0.05, 0.1) is 6.04 Å². The summed E-state index contributed by atoms with van der Waals surface area (Å²) in [6, 6.07) is 6.39. The first kappa shape index (κ1) is 15.2. The van der Waals surface area contributed by atoms with Crippen LogP contribution in [0.15, 0.2) is 28.8 Å². The van der Waals surface area contributed by atoms with Crippen molar-refractivity contribution in [3.8, 4) is 0 Å². The highest BCUT2D eigenvalue weighted by molar-refractivity contribution is 5.19. The molecule has 0 bridgehead atoms. The number of aryl methyl sites for hydroxylation is 1. The second-order valence-electron chi connectivity index (χ2n) is 5.91. The summed E-state index contributed by atoms with van der Waals surface area (Å²) >= 11 is 0. The van der Waals surface area contributed by atoms with E-state index in [2.05, 4.69) is 10.1 Å². The molecule has 0 aliphatic carbocycles. The van der Waals surface area contributed by atoms with E-state index in [0.29, 0.717) is 12.1 Å². The Morgan fingerprint density at radius 2 is 2.14 bits per heavy atom. The van der Waals surface area contributed by atoms with Gasteiger partial charge in [-0.2, -0.15) is 0 Å². The highest BCUT2D eigenvalue weighted by Crippen LogP contribution is 2.31. The minimum atomic E-state index is -0.791. The summed E-state index contributed by atoms with van der Waals surface area (Å²) in [4.78, 5) is 2.18. The van der Waals surface area contributed by atoms with Gasteiger partial charge in [-0.25, -0.2) is 8.78 Å². The quantitative estimate of drug-likeness (QED) is 0.843. The van der Waals surface area contributed by atoms with Gasteiger partial charge in [0.15, 0.2) is 11.6 Å². The molecule has 3 rings (SSSR count). The molecule has 1 atom stereocenters. The van der Waals surface area contributed by atoms with Crippen LogP contribution in [0.3, 0.4) is 0 Å². The Bertz CT molecular complexity index is 641. The Labute approximate surface area is 128 Å². The zero-order valence-corrected chi connectivity index (χ0v) is 12.7. The molecule has 1 unspecified atom stereocenters. The van der Waals surface area contributed by atoms with Gasteiger partial charge in [0, 0.05) is 18.2 Å². The van der Waals surface area contributed by atoms with Crippen LogP contribution in [0.1, 0.15) is 48.7 Å². The summed E-state index contributed by atoms with van der Waals surface area (Å²) in [5, 5.41) is 4.13. The van der Waals surface area contributed by atoms with E-state index in [1.54, 1.807) is 12.1 Å². The lowest BCUT2D eigenvalue weighted by Crippen LogP contribution is -2.29. The third kappa shape index (κ3) is 3.19. The van der Waals surface area contributed by atoms with E-state index < -0.39 is 11.6 Å². The minimum Gasteiger partial charge on any atom is -0.361 e. The number of likely N-dealkylation sites (tertiary alicyclic amines) is 1. The molecule has 0 spiro atoms. The summed E-state index contributed by atoms with van der Waals surface area (Å²) in [7, 11) is 0. The fourth-order valence-corrected chi connectivity index (χ4v) is 3.12. The fourth-order valence-electron chi connectivity index (χ4n) is 3.12. The number of halogens is 2. The van der Waals surface area contributed by atoms with Crippen LogP contribution in [0.4, 0.5) is 8.78 Å². The molecule has 1 aromatic carbocycles. The number of benzene rings is 1. The molecule has 0 saturated carbocycles. The molecule has 1 aliphatic heterocycles. The summed E-state index contributed by atoms with van der Waals surface area (Å²) in [5.41, 5.74) is 1.28. The topological polar surface area (TPSA) is 29.3 Å². The van der Waals surface area contributed by atoms with Crippen molar-refractivity contribution in [2.24, 2.45) is 0 Å². The van der Waals surface area contributed by atoms with Gasteiger partial charge in [-0.15, -0.1) is 0 Å². The smallest absolute Gasteiger partial charge is 0.163 e. The van der Waals surface area contributed by atoms with Crippen LogP contribution in [0.5, 0.6) is 0 Å². The van der Waals surface area contributed by atoms with Gasteiger partial charge in [-0.3, -0.25) is 4.90 Å². The third-order valence-corrected chi connectivity index (χ3v) is 4.26. The lowest BCUT2D eigenvalue weighted by molar-refractivity contribution is 0.181. The molecule has 2 aromatic rings. The molecule has 1 aliphatic rings. The molecule has 0 radical (unpaired) electrons. The molecule has 3 nitrogen and oxygen atoms in total. The average molecular weight is 306 g/mol. The van der Waals surface area contributed by atoms with E-state index >= 15 is 0 Å². The molecule has 1 saturated heterocycles. The Morgan fingerprint density at radius 1 is 1.27 bits per heavy atom. The molecular weight excluding hydrogens is 286 g/mol. The first-order valence-corrected chi connectivity index (χ1v) is 7.75. The Morgan fingerprint density at radius 3 is 2.91 bits per heavy atom. The summed E-state index contributed by atoms with van der Waals surface area (Å²) in [6.45, 7) is 3.11. The molecule has 0 N–H and O–H groups in total. The molecular formula is C17H20F2N2O. The zero-order chi connectivity index (χ0) is 15.5. The number of aromatic nitrogens is 1. The zero-order valence-electron chi connectivity index (χ0n) is 12.7. The molecule has 22 heavy (non-hydrogen) atoms. The van der Waals surface area contributed by atoms with E-state index in [9.17, 15) is 8.78 Å². The van der Waals surface area contributed by atoms with Crippen molar-refractivity contribution in [1.82, 2.24) is 10.1 Å². The van der Waals surface area contributed by atoms with Crippen molar-refractivity contribution in [3.05, 3.63) is 52.9 Å². The summed E-state index contributed by atoms with van der Waals surface area (Å²) in [6.07, 6.45) is 4.28. The van der Waals surface area contributed by atoms with Crippen molar-refractivity contribution in [3.63, 3.8) is 0 Å². The van der Waals surface area contributed by atoms with E-state index in [4.69, 9.17) is 4.52 Å². The maximum atomic E-state index is 14.0. The number of nitrogens with zero attached hydrogens (tertiary/aromatic N) is 2. The van der Waals surface area contributed by atoms with Crippen molar-refractivity contribution < 1.29 is 13.3 Å². The Hall–Kier alpha value is -1.75. The van der Waals surface area contributed by atoms with Crippen molar-refractivity contribution in [2.75, 3.05) is 6.54 Å². The van der Waals surface area contributed by atoms with Crippen LogP contribution in [0.25, 0.3) is 0 Å². The Kier molecular flexibility index (Phi) is 4.52. The van der Waals surface area contributed by atoms with E-state index in [0.717, 1.165) is 49.7 Å². The highest BCUT2D eigenvalue weighted by atomic mass is 19.2. The summed E-state index contributed by atoms with van der Waals surface area (Å²) < 4.78 is 32.6. The third-order valence-electron chi connectivity index (χ3n) is 4.26. The lowest BCUT2D eigenvalue weighted by atomic mass is 10.1. The molecule has 1 aromatic heterocycles. The Balaban J connectivity index is 1.86. The van der Waals surface area contributed by atoms with Gasteiger partial charge in [0.25, 0.3) is 0 Å². The predicted octanol–water partition coefficient (Wildman–Crippen LogP) is 4.38. The van der Waals surface area contributed by atoms with E-state index in [1.807, 2.05) is 13.0 Å². The van der Waals surface area contributed by atoms with Crippen LogP contribution in [-0.2, 0) is 6.54 Å². The van der Waals surface area contributed by atoms with Gasteiger partial charge in [0.2, 0.25) is 0 Å². The maximum absolute atomic E-state index is 14.0. The highest BCUT2D eigenvalue weighted by Gasteiger charge is 2.26. The first-order chi connectivity index (χ1) is 10.6. The van der Waals surface area contributed by atoms with E-state index in [1.165, 1.54) is 0 Å². The van der Waals surface area contributed by atoms with Gasteiger partial charge >= 0.3 is 0 Å². The van der Waals surface area contributed by atoms with Crippen molar-refractivity contribution >= 4 is 0 Å². The van der Waals surface area contributed by atoms with E-state index in [-0.39, 0.29) is 6.04 Å². The monoisotopic (exact) mass is 306 g/mol. The standard InChI is InChI=1S/C17H20F2N2O/c1-12-10-15(20-22-12)16-8-3-2-4-9-21(16)11-13-6-5-7-14(18)17(13)19/h5-7,10,16H,2-4,8-9,11H2,1H3. The second kappa shape index (κ2) is 6.57. The van der Waals surface area contributed by atoms with Crippen LogP contribution in [-0.4, -0.2) is 16.6 Å². The average Bonchev–Trinajstić information content (AvgIpc) is 2.79. The first-order valence-electron chi connectivity index (χ1n) is 7.75. The predicted molar refractivity (Wildman–Crippen MR) is 79.2 cm³/mol. The SMILES string of the molecule is Cc1cc(C2CCCCCN2Cc2cccc(F)c2F)no1. The van der Waals surface area contributed by atoms with Crippen LogP contribution in [0, 0.1) is 18.6 Å². The van der Waals surface area contributed by atoms with Crippen LogP contribution >= 0.6 is 0 Å². The maximum Gasteiger partial charge on any atom is 0.163 e. The number of hydrogen-bond donors (Lipinski definition) is 0. The van der Waals surface area contributed by atoms with Gasteiger partial charge in [-0.1, -0.05) is 30.1 Å². The number of rotatable bonds is 3. The molecule has 5 heteroatoms. The van der Waals surface area contributed by atoms with Crippen molar-refractivity contribution in [1.29, 1.82) is 0 Å². The van der Waals surface area contributed by atoms with Crippen LogP contribution in [0.2, 0.25) is 0 Å². The minimum absolute atomic E-state index is 0.0996. The van der Waals surface area contributed by atoms with Gasteiger partial charge in [-0.05, 0) is 32.4 Å². The van der Waals surface area contributed by atoms with Crippen molar-refractivity contribution in [2.45, 2.75) is 45.2 Å². The fraction of sp³-hybridized carbons (Fsp3) is 0.471. The van der Waals surface area contributed by atoms with Gasteiger partial charge in [0.1, 0.15) is 11.5 Å².